The maximum Gasteiger partial charge on any atom is 0.244 e. The highest BCUT2D eigenvalue weighted by Crippen LogP contribution is 2.36. The Morgan fingerprint density at radius 2 is 1.94 bits per heavy atom. The summed E-state index contributed by atoms with van der Waals surface area (Å²) < 4.78 is 17.0. The van der Waals surface area contributed by atoms with Crippen LogP contribution in [-0.2, 0) is 17.8 Å². The number of nitrogens with two attached hydrogens (primary N) is 2. The van der Waals surface area contributed by atoms with Gasteiger partial charge in [-0.1, -0.05) is 0 Å². The summed E-state index contributed by atoms with van der Waals surface area (Å²) in [4.78, 5) is 23.2. The number of anilines is 4. The smallest absolute Gasteiger partial charge is 0.244 e. The van der Waals surface area contributed by atoms with E-state index in [1.807, 2.05) is 17.9 Å². The average Bonchev–Trinajstić information content (AvgIpc) is 3.62. The zero-order valence-corrected chi connectivity index (χ0v) is 20.0. The largest absolute Gasteiger partial charge is 0.397 e. The molecule has 0 saturated heterocycles. The van der Waals surface area contributed by atoms with E-state index in [1.165, 1.54) is 19.0 Å². The molecule has 0 spiro atoms. The summed E-state index contributed by atoms with van der Waals surface area (Å²) in [5.74, 6) is 1.38. The minimum Gasteiger partial charge on any atom is -0.397 e. The number of pyridine rings is 2. The predicted octanol–water partition coefficient (Wildman–Crippen LogP) is 3.64. The van der Waals surface area contributed by atoms with Gasteiger partial charge in [0.25, 0.3) is 0 Å². The van der Waals surface area contributed by atoms with E-state index in [2.05, 4.69) is 20.4 Å². The molecule has 4 heterocycles. The zero-order chi connectivity index (χ0) is 25.0. The normalized spacial score (nSPS) is 15.7. The van der Waals surface area contributed by atoms with Gasteiger partial charge in [0.15, 0.2) is 11.6 Å². The van der Waals surface area contributed by atoms with E-state index >= 15 is 4.39 Å². The van der Waals surface area contributed by atoms with Gasteiger partial charge in [0.2, 0.25) is 5.91 Å². The van der Waals surface area contributed by atoms with Crippen LogP contribution < -0.4 is 16.8 Å². The summed E-state index contributed by atoms with van der Waals surface area (Å²) in [7, 11) is 0. The number of hydrogen-bond donors (Lipinski definition) is 3. The Balaban J connectivity index is 1.29. The van der Waals surface area contributed by atoms with Crippen molar-refractivity contribution in [1.82, 2.24) is 24.6 Å². The fraction of sp³-hybridized carbons (Fsp3) is 0.308. The van der Waals surface area contributed by atoms with Gasteiger partial charge >= 0.3 is 0 Å². The van der Waals surface area contributed by atoms with Gasteiger partial charge in [0, 0.05) is 60.2 Å². The third kappa shape index (κ3) is 3.98. The van der Waals surface area contributed by atoms with Crippen LogP contribution in [0.2, 0.25) is 0 Å². The second kappa shape index (κ2) is 8.47. The molecule has 1 aliphatic heterocycles. The first-order valence-electron chi connectivity index (χ1n) is 12.1. The van der Waals surface area contributed by atoms with Gasteiger partial charge < -0.3 is 21.7 Å². The van der Waals surface area contributed by atoms with E-state index in [0.717, 1.165) is 29.6 Å². The van der Waals surface area contributed by atoms with E-state index in [9.17, 15) is 4.79 Å². The molecule has 1 aromatic carbocycles. The number of carbonyl (C=O) groups is 1. The van der Waals surface area contributed by atoms with E-state index in [-0.39, 0.29) is 18.1 Å². The van der Waals surface area contributed by atoms with Crippen LogP contribution in [0.15, 0.2) is 36.8 Å². The van der Waals surface area contributed by atoms with Crippen molar-refractivity contribution in [3.63, 3.8) is 0 Å². The van der Waals surface area contributed by atoms with Crippen LogP contribution in [-0.4, -0.2) is 43.6 Å². The molecule has 10 heteroatoms. The highest BCUT2D eigenvalue weighted by Gasteiger charge is 2.29. The number of amides is 1. The molecular formula is C26H27FN8O. The maximum atomic E-state index is 15.2. The Morgan fingerprint density at radius 1 is 1.11 bits per heavy atom. The lowest BCUT2D eigenvalue weighted by atomic mass is 9.97. The monoisotopic (exact) mass is 486 g/mol. The number of fused-ring (bicyclic) bond motifs is 2. The molecule has 1 amide bonds. The van der Waals surface area contributed by atoms with Gasteiger partial charge in [-0.15, -0.1) is 0 Å². The lowest BCUT2D eigenvalue weighted by Gasteiger charge is -2.19. The summed E-state index contributed by atoms with van der Waals surface area (Å²) in [5.41, 5.74) is 15.3. The first-order valence-corrected chi connectivity index (χ1v) is 12.1. The van der Waals surface area contributed by atoms with E-state index in [0.29, 0.717) is 46.3 Å². The van der Waals surface area contributed by atoms with Gasteiger partial charge in [-0.25, -0.2) is 9.37 Å². The van der Waals surface area contributed by atoms with Gasteiger partial charge in [-0.2, -0.15) is 5.10 Å². The summed E-state index contributed by atoms with van der Waals surface area (Å²) in [6.07, 6.45) is 7.86. The first kappa shape index (κ1) is 22.3. The van der Waals surface area contributed by atoms with Gasteiger partial charge in [-0.05, 0) is 48.8 Å². The standard InChI is InChI=1S/C26H27FN8O/c1-14-19(9-30-11-21(14)28)18-6-16-7-22(31-10-20(16)26(29)25(18)27)32-23-8-17-4-5-34(12-15-2-3-15)24(36)13-35(17)33-23/h6-11,15H,2-5,12-13,28-29H2,1H3,(H,31,32,33). The Hall–Kier alpha value is -4.21. The molecule has 1 fully saturated rings. The van der Waals surface area contributed by atoms with E-state index in [4.69, 9.17) is 11.5 Å². The number of nitrogen functional groups attached to an aromatic ring is 2. The van der Waals surface area contributed by atoms with Crippen LogP contribution in [0, 0.1) is 18.7 Å². The molecule has 3 aromatic heterocycles. The number of benzene rings is 1. The van der Waals surface area contributed by atoms with Crippen molar-refractivity contribution >= 4 is 39.7 Å². The molecule has 0 atom stereocenters. The number of carbonyl (C=O) groups excluding carboxylic acids is 1. The molecule has 0 bridgehead atoms. The molecule has 9 nitrogen and oxygen atoms in total. The van der Waals surface area contributed by atoms with Crippen LogP contribution in [0.1, 0.15) is 24.1 Å². The number of nitrogens with zero attached hydrogens (tertiary/aromatic N) is 5. The molecule has 1 saturated carbocycles. The second-order valence-electron chi connectivity index (χ2n) is 9.68. The average molecular weight is 487 g/mol. The number of halogens is 1. The quantitative estimate of drug-likeness (QED) is 0.367. The summed E-state index contributed by atoms with van der Waals surface area (Å²) in [5, 5.41) is 9.05. The second-order valence-corrected chi connectivity index (χ2v) is 9.68. The van der Waals surface area contributed by atoms with Crippen LogP contribution in [0.4, 0.5) is 27.4 Å². The van der Waals surface area contributed by atoms with Crippen LogP contribution in [0.25, 0.3) is 21.9 Å². The molecule has 0 radical (unpaired) electrons. The topological polar surface area (TPSA) is 128 Å². The highest BCUT2D eigenvalue weighted by atomic mass is 19.1. The van der Waals surface area contributed by atoms with Crippen molar-refractivity contribution in [3.8, 4) is 11.1 Å². The Labute approximate surface area is 207 Å². The maximum absolute atomic E-state index is 15.2. The molecule has 4 aromatic rings. The fourth-order valence-electron chi connectivity index (χ4n) is 4.77. The zero-order valence-electron chi connectivity index (χ0n) is 20.0. The molecule has 1 aliphatic carbocycles. The molecular weight excluding hydrogens is 459 g/mol. The molecule has 2 aliphatic rings. The van der Waals surface area contributed by atoms with Crippen LogP contribution in [0.3, 0.4) is 0 Å². The Bertz CT molecular complexity index is 1510. The lowest BCUT2D eigenvalue weighted by Crippen LogP contribution is -2.34. The molecule has 36 heavy (non-hydrogen) atoms. The Kier molecular flexibility index (Phi) is 5.24. The Morgan fingerprint density at radius 3 is 2.75 bits per heavy atom. The highest BCUT2D eigenvalue weighted by molar-refractivity contribution is 5.98. The van der Waals surface area contributed by atoms with Gasteiger partial charge in [0.1, 0.15) is 12.4 Å². The van der Waals surface area contributed by atoms with Crippen molar-refractivity contribution in [2.24, 2.45) is 5.92 Å². The SMILES string of the molecule is Cc1c(N)cncc1-c1cc2cc(Nc3cc4n(n3)CC(=O)N(CC3CC3)CC4)ncc2c(N)c1F. The number of hydrogen-bond acceptors (Lipinski definition) is 7. The third-order valence-corrected chi connectivity index (χ3v) is 7.11. The number of rotatable bonds is 5. The van der Waals surface area contributed by atoms with Crippen molar-refractivity contribution in [1.29, 1.82) is 0 Å². The van der Waals surface area contributed by atoms with E-state index in [1.54, 1.807) is 29.2 Å². The molecule has 6 rings (SSSR count). The minimum atomic E-state index is -0.529. The van der Waals surface area contributed by atoms with Crippen molar-refractivity contribution in [2.75, 3.05) is 29.9 Å². The number of nitrogens with one attached hydrogen (secondary N) is 1. The summed E-state index contributed by atoms with van der Waals surface area (Å²) in [6, 6.07) is 5.48. The molecule has 184 valence electrons. The van der Waals surface area contributed by atoms with Crippen LogP contribution in [0.5, 0.6) is 0 Å². The lowest BCUT2D eigenvalue weighted by molar-refractivity contribution is -0.131. The van der Waals surface area contributed by atoms with Gasteiger partial charge in [0.05, 0.1) is 17.6 Å². The van der Waals surface area contributed by atoms with Crippen molar-refractivity contribution in [3.05, 3.63) is 53.9 Å². The van der Waals surface area contributed by atoms with E-state index < -0.39 is 5.82 Å². The van der Waals surface area contributed by atoms with Crippen molar-refractivity contribution < 1.29 is 9.18 Å². The molecule has 0 unspecified atom stereocenters. The third-order valence-electron chi connectivity index (χ3n) is 7.11. The van der Waals surface area contributed by atoms with Crippen molar-refractivity contribution in [2.45, 2.75) is 32.7 Å². The minimum absolute atomic E-state index is 0.0198. The first-order chi connectivity index (χ1) is 17.4. The van der Waals surface area contributed by atoms with Crippen LogP contribution >= 0.6 is 0 Å². The number of aromatic nitrogens is 4. The fourth-order valence-corrected chi connectivity index (χ4v) is 4.77. The van der Waals surface area contributed by atoms with Gasteiger partial charge in [-0.3, -0.25) is 14.5 Å². The summed E-state index contributed by atoms with van der Waals surface area (Å²) in [6.45, 7) is 3.62. The summed E-state index contributed by atoms with van der Waals surface area (Å²) >= 11 is 0. The predicted molar refractivity (Wildman–Crippen MR) is 137 cm³/mol. The molecule has 5 N–H and O–H groups in total.